The van der Waals surface area contributed by atoms with Crippen LogP contribution in [0, 0.1) is 5.82 Å². The number of rotatable bonds is 8. The smallest absolute Gasteiger partial charge is 0.161 e. The van der Waals surface area contributed by atoms with Crippen molar-refractivity contribution in [1.29, 1.82) is 0 Å². The maximum atomic E-state index is 13.9. The van der Waals surface area contributed by atoms with Crippen LogP contribution >= 0.6 is 11.6 Å². The van der Waals surface area contributed by atoms with E-state index < -0.39 is 5.82 Å². The van der Waals surface area contributed by atoms with Crippen molar-refractivity contribution in [3.05, 3.63) is 88.5 Å². The Morgan fingerprint density at radius 2 is 1.90 bits per heavy atom. The highest BCUT2D eigenvalue weighted by Gasteiger charge is 2.11. The number of hydrogen-bond donors (Lipinski definition) is 2. The first-order valence-electron chi connectivity index (χ1n) is 9.51. The summed E-state index contributed by atoms with van der Waals surface area (Å²) in [6.45, 7) is 1.26. The van der Waals surface area contributed by atoms with Crippen molar-refractivity contribution >= 4 is 22.6 Å². The van der Waals surface area contributed by atoms with Gasteiger partial charge in [0.15, 0.2) is 11.5 Å². The van der Waals surface area contributed by atoms with Gasteiger partial charge >= 0.3 is 0 Å². The van der Waals surface area contributed by atoms with Gasteiger partial charge in [-0.05, 0) is 42.0 Å². The van der Waals surface area contributed by atoms with E-state index in [1.165, 1.54) is 6.07 Å². The molecule has 0 saturated heterocycles. The summed E-state index contributed by atoms with van der Waals surface area (Å²) < 4.78 is 25.1. The molecule has 1 heterocycles. The molecule has 0 unspecified atom stereocenters. The van der Waals surface area contributed by atoms with Gasteiger partial charge in [-0.1, -0.05) is 35.9 Å². The summed E-state index contributed by atoms with van der Waals surface area (Å²) in [7, 11) is 1.57. The highest BCUT2D eigenvalue weighted by Crippen LogP contribution is 2.30. The molecule has 5 nitrogen and oxygen atoms in total. The second-order valence-corrected chi connectivity index (χ2v) is 7.19. The van der Waals surface area contributed by atoms with Gasteiger partial charge in [0.05, 0.1) is 29.7 Å². The van der Waals surface area contributed by atoms with Gasteiger partial charge in [-0.15, -0.1) is 0 Å². The van der Waals surface area contributed by atoms with Gasteiger partial charge in [0.25, 0.3) is 0 Å². The van der Waals surface area contributed by atoms with Gasteiger partial charge in [0.1, 0.15) is 18.2 Å². The summed E-state index contributed by atoms with van der Waals surface area (Å²) >= 11 is 6.06. The maximum absolute atomic E-state index is 13.9. The predicted molar refractivity (Wildman–Crippen MR) is 115 cm³/mol. The Morgan fingerprint density at radius 1 is 1.03 bits per heavy atom. The molecule has 4 aromatic rings. The quantitative estimate of drug-likeness (QED) is 0.405. The molecule has 3 aromatic carbocycles. The largest absolute Gasteiger partial charge is 0.493 e. The molecule has 0 bridgehead atoms. The molecule has 1 aromatic heterocycles. The lowest BCUT2D eigenvalue weighted by Gasteiger charge is -2.13. The molecule has 0 aliphatic rings. The number of nitrogens with zero attached hydrogens (tertiary/aromatic N) is 1. The lowest BCUT2D eigenvalue weighted by molar-refractivity contribution is 0.279. The standard InChI is InChI=1S/C23H21ClFN3O2/c1-29-22-11-15(12-26-13-23-27-19-7-2-3-8-20(19)28-23)9-10-21(22)30-14-16-17(24)5-4-6-18(16)25/h2-11,26H,12-14H2,1H3,(H,27,28). The molecule has 30 heavy (non-hydrogen) atoms. The number of para-hydroxylation sites is 2. The van der Waals surface area contributed by atoms with Crippen LogP contribution in [0.3, 0.4) is 0 Å². The Labute approximate surface area is 178 Å². The summed E-state index contributed by atoms with van der Waals surface area (Å²) in [4.78, 5) is 7.85. The Morgan fingerprint density at radius 3 is 2.70 bits per heavy atom. The Bertz CT molecular complexity index is 1110. The van der Waals surface area contributed by atoms with Crippen LogP contribution in [-0.2, 0) is 19.7 Å². The second kappa shape index (κ2) is 9.15. The van der Waals surface area contributed by atoms with Gasteiger partial charge in [0, 0.05) is 12.1 Å². The number of halogens is 2. The first kappa shape index (κ1) is 20.2. The molecule has 0 amide bonds. The van der Waals surface area contributed by atoms with Gasteiger partial charge in [-0.3, -0.25) is 0 Å². The molecule has 0 aliphatic heterocycles. The molecule has 0 spiro atoms. The molecular formula is C23H21ClFN3O2. The molecule has 0 fully saturated rings. The zero-order valence-electron chi connectivity index (χ0n) is 16.4. The average molecular weight is 426 g/mol. The Balaban J connectivity index is 1.38. The van der Waals surface area contributed by atoms with Gasteiger partial charge in [0.2, 0.25) is 0 Å². The number of H-pyrrole nitrogens is 1. The third kappa shape index (κ3) is 4.56. The first-order chi connectivity index (χ1) is 14.6. The number of fused-ring (bicyclic) bond motifs is 1. The minimum Gasteiger partial charge on any atom is -0.493 e. The molecule has 0 aliphatic carbocycles. The third-order valence-corrected chi connectivity index (χ3v) is 5.08. The Kier molecular flexibility index (Phi) is 6.16. The number of nitrogens with one attached hydrogen (secondary N) is 2. The zero-order chi connectivity index (χ0) is 20.9. The summed E-state index contributed by atoms with van der Waals surface area (Å²) in [5.41, 5.74) is 3.32. The van der Waals surface area contributed by atoms with Crippen LogP contribution in [0.4, 0.5) is 4.39 Å². The number of benzene rings is 3. The number of aromatic nitrogens is 2. The van der Waals surface area contributed by atoms with E-state index in [0.717, 1.165) is 22.4 Å². The summed E-state index contributed by atoms with van der Waals surface area (Å²) in [6.07, 6.45) is 0. The van der Waals surface area contributed by atoms with Crippen LogP contribution in [0.25, 0.3) is 11.0 Å². The first-order valence-corrected chi connectivity index (χ1v) is 9.89. The second-order valence-electron chi connectivity index (χ2n) is 6.78. The van der Waals surface area contributed by atoms with Crippen molar-refractivity contribution in [2.24, 2.45) is 0 Å². The van der Waals surface area contributed by atoms with Gasteiger partial charge < -0.3 is 19.8 Å². The molecule has 0 saturated carbocycles. The molecule has 0 radical (unpaired) electrons. The van der Waals surface area contributed by atoms with E-state index in [1.807, 2.05) is 42.5 Å². The van der Waals surface area contributed by atoms with E-state index in [0.29, 0.717) is 35.2 Å². The number of aromatic amines is 1. The average Bonchev–Trinajstić information content (AvgIpc) is 3.17. The van der Waals surface area contributed by atoms with Crippen molar-refractivity contribution in [2.75, 3.05) is 7.11 Å². The molecule has 2 N–H and O–H groups in total. The number of hydrogen-bond acceptors (Lipinski definition) is 4. The molecule has 7 heteroatoms. The molecule has 0 atom stereocenters. The fourth-order valence-corrected chi connectivity index (χ4v) is 3.39. The van der Waals surface area contributed by atoms with Crippen molar-refractivity contribution in [2.45, 2.75) is 19.7 Å². The molecular weight excluding hydrogens is 405 g/mol. The summed E-state index contributed by atoms with van der Waals surface area (Å²) in [6, 6.07) is 18.1. The normalized spacial score (nSPS) is 11.0. The Hall–Kier alpha value is -3.09. The maximum Gasteiger partial charge on any atom is 0.161 e. The summed E-state index contributed by atoms with van der Waals surface area (Å²) in [5, 5.41) is 3.70. The highest BCUT2D eigenvalue weighted by atomic mass is 35.5. The van der Waals surface area contributed by atoms with Gasteiger partial charge in [-0.2, -0.15) is 0 Å². The van der Waals surface area contributed by atoms with E-state index in [9.17, 15) is 4.39 Å². The lowest BCUT2D eigenvalue weighted by Crippen LogP contribution is -2.13. The van der Waals surface area contributed by atoms with Crippen molar-refractivity contribution in [3.8, 4) is 11.5 Å². The van der Waals surface area contributed by atoms with Crippen LogP contribution in [-0.4, -0.2) is 17.1 Å². The zero-order valence-corrected chi connectivity index (χ0v) is 17.2. The molecule has 4 rings (SSSR count). The minimum atomic E-state index is -0.395. The van der Waals surface area contributed by atoms with Crippen molar-refractivity contribution < 1.29 is 13.9 Å². The van der Waals surface area contributed by atoms with Crippen LogP contribution in [0.5, 0.6) is 11.5 Å². The van der Waals surface area contributed by atoms with Crippen molar-refractivity contribution in [1.82, 2.24) is 15.3 Å². The van der Waals surface area contributed by atoms with Crippen LogP contribution in [0.1, 0.15) is 17.0 Å². The van der Waals surface area contributed by atoms with Crippen LogP contribution in [0.15, 0.2) is 60.7 Å². The fraction of sp³-hybridized carbons (Fsp3) is 0.174. The van der Waals surface area contributed by atoms with Crippen LogP contribution < -0.4 is 14.8 Å². The highest BCUT2D eigenvalue weighted by molar-refractivity contribution is 6.31. The summed E-state index contributed by atoms with van der Waals surface area (Å²) in [5.74, 6) is 1.58. The SMILES string of the molecule is COc1cc(CNCc2nc3ccccc3[nH]2)ccc1OCc1c(F)cccc1Cl. The number of methoxy groups -OCH3 is 1. The third-order valence-electron chi connectivity index (χ3n) is 4.72. The van der Waals surface area contributed by atoms with Gasteiger partial charge in [-0.25, -0.2) is 9.37 Å². The van der Waals surface area contributed by atoms with E-state index in [-0.39, 0.29) is 6.61 Å². The van der Waals surface area contributed by atoms with E-state index >= 15 is 0 Å². The van der Waals surface area contributed by atoms with E-state index in [2.05, 4.69) is 15.3 Å². The number of ether oxygens (including phenoxy) is 2. The fourth-order valence-electron chi connectivity index (χ4n) is 3.18. The predicted octanol–water partition coefficient (Wildman–Crippen LogP) is 5.23. The van der Waals surface area contributed by atoms with E-state index in [4.69, 9.17) is 21.1 Å². The topological polar surface area (TPSA) is 59.2 Å². The number of imidazole rings is 1. The minimum absolute atomic E-state index is 0.0194. The monoisotopic (exact) mass is 425 g/mol. The van der Waals surface area contributed by atoms with E-state index in [1.54, 1.807) is 19.2 Å². The van der Waals surface area contributed by atoms with Crippen molar-refractivity contribution in [3.63, 3.8) is 0 Å². The van der Waals surface area contributed by atoms with Crippen LogP contribution in [0.2, 0.25) is 5.02 Å². The molecule has 154 valence electrons. The lowest BCUT2D eigenvalue weighted by atomic mass is 10.2.